The van der Waals surface area contributed by atoms with E-state index in [2.05, 4.69) is 52.5 Å². The molecule has 0 saturated heterocycles. The molecule has 0 saturated carbocycles. The number of carboxylic acid groups (broad SMARTS) is 1. The minimum absolute atomic E-state index is 0.0356. The number of aliphatic hydroxyl groups is 2. The van der Waals surface area contributed by atoms with Crippen molar-refractivity contribution in [2.24, 2.45) is 44.4 Å². The number of guanidine groups is 2. The van der Waals surface area contributed by atoms with Crippen LogP contribution in [0, 0.1) is 0 Å². The summed E-state index contributed by atoms with van der Waals surface area (Å²) >= 11 is 0. The van der Waals surface area contributed by atoms with Crippen LogP contribution in [0.3, 0.4) is 0 Å². The van der Waals surface area contributed by atoms with E-state index in [1.165, 1.54) is 27.7 Å². The van der Waals surface area contributed by atoms with Crippen molar-refractivity contribution in [3.63, 3.8) is 0 Å². The molecule has 0 radical (unpaired) electrons. The van der Waals surface area contributed by atoms with Gasteiger partial charge >= 0.3 is 5.97 Å². The molecule has 386 valence electrons. The van der Waals surface area contributed by atoms with Gasteiger partial charge in [-0.2, -0.15) is 0 Å². The van der Waals surface area contributed by atoms with Gasteiger partial charge in [0.05, 0.1) is 18.2 Å². The highest BCUT2D eigenvalue weighted by atomic mass is 16.4. The Kier molecular flexibility index (Phi) is 28.7. The number of carboxylic acids is 1. The van der Waals surface area contributed by atoms with Gasteiger partial charge in [-0.15, -0.1) is 0 Å². The summed E-state index contributed by atoms with van der Waals surface area (Å²) in [4.78, 5) is 136. The number of nitrogens with two attached hydrogens (primary N) is 6. The fourth-order valence-corrected chi connectivity index (χ4v) is 5.92. The van der Waals surface area contributed by atoms with Gasteiger partial charge in [-0.25, -0.2) is 4.79 Å². The minimum atomic E-state index is -1.80. The molecule has 0 aliphatic carbocycles. The van der Waals surface area contributed by atoms with Crippen LogP contribution < -0.4 is 76.9 Å². The highest BCUT2D eigenvalue weighted by Crippen LogP contribution is 2.09. The lowest BCUT2D eigenvalue weighted by atomic mass is 10.0. The van der Waals surface area contributed by atoms with Crippen molar-refractivity contribution < 1.29 is 63.3 Å². The molecule has 0 bridgehead atoms. The normalized spacial score (nSPS) is 15.2. The Balaban J connectivity index is 6.47. The summed E-state index contributed by atoms with van der Waals surface area (Å²) in [5, 5.41) is 49.8. The molecule has 29 heteroatoms. The molecule has 0 rings (SSSR count). The third kappa shape index (κ3) is 25.7. The highest BCUT2D eigenvalue weighted by Gasteiger charge is 2.36. The Morgan fingerprint density at radius 2 is 0.897 bits per heavy atom. The van der Waals surface area contributed by atoms with E-state index in [1.807, 2.05) is 0 Å². The van der Waals surface area contributed by atoms with Crippen molar-refractivity contribution in [2.45, 2.75) is 153 Å². The van der Waals surface area contributed by atoms with Gasteiger partial charge in [0.1, 0.15) is 42.3 Å². The standard InChI is InChI=1S/C39H72N16O13/c1-18(40)30(60)50-24(11-8-16-47-38(42)43)33(63)55-29(21(4)57)36(66)52-23(10-6-7-15-46-22(5)58)32(62)51-25(13-14-27(41)59)34(64)54-28(20(3)56)35(65)49-19(2)31(61)53-26(37(67)68)12-9-17-48-39(44)45/h18-21,23-26,28-29,56-57H,6-17,40H2,1-5H3,(H2,41,59)(H,46,58)(H,49,65)(H,50,60)(H,51,62)(H,52,66)(H,53,61)(H,54,64)(H,55,63)(H,67,68)(H4,42,43,47)(H4,44,45,48)/t18-,19-,20+,21+,23-,24-,25-,26-,28-,29-/m0/s1. The minimum Gasteiger partial charge on any atom is -0.480 e. The summed E-state index contributed by atoms with van der Waals surface area (Å²) in [6.45, 7) is 6.48. The predicted octanol–water partition coefficient (Wildman–Crippen LogP) is -7.73. The summed E-state index contributed by atoms with van der Waals surface area (Å²) in [5.74, 6) is -9.98. The number of aliphatic imine (C=N–C) groups is 2. The van der Waals surface area contributed by atoms with E-state index in [-0.39, 0.29) is 76.0 Å². The summed E-state index contributed by atoms with van der Waals surface area (Å²) in [5.41, 5.74) is 32.2. The maximum atomic E-state index is 14.0. The average Bonchev–Trinajstić information content (AvgIpc) is 3.23. The summed E-state index contributed by atoms with van der Waals surface area (Å²) in [6, 6.07) is -11.9. The predicted molar refractivity (Wildman–Crippen MR) is 245 cm³/mol. The number of hydrogen-bond acceptors (Lipinski definition) is 15. The monoisotopic (exact) mass is 973 g/mol. The molecular weight excluding hydrogens is 901 g/mol. The van der Waals surface area contributed by atoms with Crippen LogP contribution in [-0.2, 0) is 47.9 Å². The lowest BCUT2D eigenvalue weighted by molar-refractivity contribution is -0.142. The number of carbonyl (C=O) groups excluding carboxylic acids is 9. The zero-order chi connectivity index (χ0) is 52.3. The van der Waals surface area contributed by atoms with E-state index in [1.54, 1.807) is 0 Å². The number of carbonyl (C=O) groups is 10. The molecule has 9 amide bonds. The van der Waals surface area contributed by atoms with Crippen molar-refractivity contribution in [1.29, 1.82) is 0 Å². The first-order valence-corrected chi connectivity index (χ1v) is 21.8. The molecule has 0 unspecified atom stereocenters. The number of nitrogens with one attached hydrogen (secondary N) is 8. The number of rotatable bonds is 33. The smallest absolute Gasteiger partial charge is 0.326 e. The van der Waals surface area contributed by atoms with Crippen LogP contribution in [0.5, 0.6) is 0 Å². The van der Waals surface area contributed by atoms with E-state index in [4.69, 9.17) is 34.4 Å². The second-order valence-corrected chi connectivity index (χ2v) is 15.9. The molecule has 0 aromatic heterocycles. The average molecular weight is 973 g/mol. The van der Waals surface area contributed by atoms with Crippen LogP contribution in [0.2, 0.25) is 0 Å². The number of primary amides is 1. The third-order valence-corrected chi connectivity index (χ3v) is 9.67. The van der Waals surface area contributed by atoms with E-state index in [9.17, 15) is 63.3 Å². The highest BCUT2D eigenvalue weighted by molar-refractivity contribution is 5.98. The van der Waals surface area contributed by atoms with Crippen LogP contribution in [-0.4, -0.2) is 167 Å². The van der Waals surface area contributed by atoms with Crippen molar-refractivity contribution in [3.05, 3.63) is 0 Å². The largest absolute Gasteiger partial charge is 0.480 e. The van der Waals surface area contributed by atoms with Gasteiger partial charge in [0.15, 0.2) is 11.9 Å². The Bertz CT molecular complexity index is 1790. The van der Waals surface area contributed by atoms with Gasteiger partial charge in [0.25, 0.3) is 0 Å². The van der Waals surface area contributed by atoms with Crippen molar-refractivity contribution in [1.82, 2.24) is 42.5 Å². The van der Waals surface area contributed by atoms with Crippen LogP contribution >= 0.6 is 0 Å². The maximum Gasteiger partial charge on any atom is 0.326 e. The third-order valence-electron chi connectivity index (χ3n) is 9.67. The lowest BCUT2D eigenvalue weighted by Gasteiger charge is -2.29. The van der Waals surface area contributed by atoms with E-state index < -0.39 is 127 Å². The van der Waals surface area contributed by atoms with Crippen LogP contribution in [0.1, 0.15) is 92.4 Å². The Hall–Kier alpha value is -6.88. The fraction of sp³-hybridized carbons (Fsp3) is 0.692. The first-order chi connectivity index (χ1) is 31.7. The number of hydrogen-bond donors (Lipinski definition) is 17. The molecule has 68 heavy (non-hydrogen) atoms. The fourth-order valence-electron chi connectivity index (χ4n) is 5.92. The molecule has 23 N–H and O–H groups in total. The molecule has 0 spiro atoms. The quantitative estimate of drug-likeness (QED) is 0.0165. The van der Waals surface area contributed by atoms with Gasteiger partial charge in [0, 0.05) is 33.0 Å². The second-order valence-electron chi connectivity index (χ2n) is 15.9. The molecule has 29 nitrogen and oxygen atoms in total. The maximum absolute atomic E-state index is 14.0. The van der Waals surface area contributed by atoms with Crippen molar-refractivity contribution >= 4 is 71.1 Å². The van der Waals surface area contributed by atoms with E-state index >= 15 is 0 Å². The number of unbranched alkanes of at least 4 members (excludes halogenated alkanes) is 1. The summed E-state index contributed by atoms with van der Waals surface area (Å²) in [6.07, 6.45) is -3.64. The Morgan fingerprint density at radius 3 is 1.32 bits per heavy atom. The SMILES string of the molecule is CC(=O)NCCCC[C@H](NC(=O)[C@@H](NC(=O)[C@H](CCCN=C(N)N)NC(=O)[C@H](C)N)[C@@H](C)O)C(=O)N[C@@H](CCC(N)=O)C(=O)N[C@H](C(=O)N[C@@H](C)C(=O)N[C@@H](CCCN=C(N)N)C(=O)O)[C@@H](C)O. The second kappa shape index (κ2) is 31.9. The number of nitrogens with zero attached hydrogens (tertiary/aromatic N) is 2. The molecule has 0 aromatic carbocycles. The summed E-state index contributed by atoms with van der Waals surface area (Å²) < 4.78 is 0. The molecule has 0 heterocycles. The van der Waals surface area contributed by atoms with Crippen LogP contribution in [0.4, 0.5) is 0 Å². The van der Waals surface area contributed by atoms with Gasteiger partial charge in [-0.05, 0) is 79.1 Å². The van der Waals surface area contributed by atoms with Gasteiger partial charge in [-0.3, -0.25) is 53.1 Å². The van der Waals surface area contributed by atoms with Gasteiger partial charge in [0.2, 0.25) is 53.2 Å². The van der Waals surface area contributed by atoms with Crippen LogP contribution in [0.25, 0.3) is 0 Å². The Morgan fingerprint density at radius 1 is 0.500 bits per heavy atom. The van der Waals surface area contributed by atoms with Gasteiger partial charge in [-0.1, -0.05) is 0 Å². The van der Waals surface area contributed by atoms with Crippen molar-refractivity contribution in [2.75, 3.05) is 19.6 Å². The molecule has 0 aromatic rings. The topological polar surface area (TPSA) is 508 Å². The molecule has 0 aliphatic rings. The Labute approximate surface area is 393 Å². The molecular formula is C39H72N16O13. The van der Waals surface area contributed by atoms with E-state index in [0.29, 0.717) is 6.42 Å². The number of amides is 9. The zero-order valence-electron chi connectivity index (χ0n) is 39.0. The molecule has 0 aliphatic heterocycles. The lowest BCUT2D eigenvalue weighted by Crippen LogP contribution is -2.62. The number of aliphatic carboxylic acids is 1. The van der Waals surface area contributed by atoms with E-state index in [0.717, 1.165) is 6.92 Å². The first-order valence-electron chi connectivity index (χ1n) is 21.8. The van der Waals surface area contributed by atoms with Crippen LogP contribution in [0.15, 0.2) is 9.98 Å². The van der Waals surface area contributed by atoms with Crippen molar-refractivity contribution in [3.8, 4) is 0 Å². The molecule has 10 atom stereocenters. The number of aliphatic hydroxyl groups excluding tert-OH is 2. The zero-order valence-corrected chi connectivity index (χ0v) is 39.0. The van der Waals surface area contributed by atoms with Gasteiger partial charge < -0.3 is 92.3 Å². The molecule has 0 fully saturated rings. The first kappa shape index (κ1) is 61.1. The summed E-state index contributed by atoms with van der Waals surface area (Å²) in [7, 11) is 0.